The van der Waals surface area contributed by atoms with Crippen LogP contribution in [0.25, 0.3) is 6.08 Å². The molecule has 0 saturated carbocycles. The minimum atomic E-state index is -0.625. The molecule has 1 N–H and O–H groups in total. The Hall–Kier alpha value is -3.04. The largest absolute Gasteiger partial charge is 0.454 e. The Morgan fingerprint density at radius 3 is 2.88 bits per heavy atom. The van der Waals surface area contributed by atoms with Gasteiger partial charge in [-0.3, -0.25) is 4.79 Å². The summed E-state index contributed by atoms with van der Waals surface area (Å²) in [5, 5.41) is 11.9. The minimum Gasteiger partial charge on any atom is -0.454 e. The highest BCUT2D eigenvalue weighted by atomic mass is 35.5. The van der Waals surface area contributed by atoms with Gasteiger partial charge in [0.2, 0.25) is 6.79 Å². The summed E-state index contributed by atoms with van der Waals surface area (Å²) in [7, 11) is 0. The van der Waals surface area contributed by atoms with Crippen molar-refractivity contribution in [2.24, 2.45) is 0 Å². The van der Waals surface area contributed by atoms with E-state index >= 15 is 0 Å². The van der Waals surface area contributed by atoms with Gasteiger partial charge in [-0.25, -0.2) is 4.39 Å². The fraction of sp³-hybridized carbons (Fsp3) is 0.111. The van der Waals surface area contributed by atoms with Crippen molar-refractivity contribution in [2.75, 3.05) is 6.79 Å². The molecule has 1 aliphatic rings. The zero-order valence-electron chi connectivity index (χ0n) is 12.9. The van der Waals surface area contributed by atoms with Crippen molar-refractivity contribution in [3.8, 4) is 17.6 Å². The highest BCUT2D eigenvalue weighted by Gasteiger charge is 2.15. The van der Waals surface area contributed by atoms with E-state index in [0.717, 1.165) is 11.6 Å². The molecule has 1 amide bonds. The number of ether oxygens (including phenoxy) is 2. The number of rotatable bonds is 4. The fourth-order valence-electron chi connectivity index (χ4n) is 2.27. The summed E-state index contributed by atoms with van der Waals surface area (Å²) >= 11 is 5.91. The molecule has 3 rings (SSSR count). The minimum absolute atomic E-state index is 0.000976. The van der Waals surface area contributed by atoms with Crippen LogP contribution in [0.5, 0.6) is 11.5 Å². The van der Waals surface area contributed by atoms with Crippen LogP contribution in [0.4, 0.5) is 4.39 Å². The molecular formula is C18H12ClFN2O3. The van der Waals surface area contributed by atoms with Gasteiger partial charge in [0, 0.05) is 12.1 Å². The van der Waals surface area contributed by atoms with E-state index in [2.05, 4.69) is 5.32 Å². The number of nitrogens with one attached hydrogen (secondary N) is 1. The summed E-state index contributed by atoms with van der Waals surface area (Å²) in [5.41, 5.74) is 0.533. The summed E-state index contributed by atoms with van der Waals surface area (Å²) in [6.45, 7) is 0.343. The summed E-state index contributed by atoms with van der Waals surface area (Å²) in [5.74, 6) is 0.00567. The summed E-state index contributed by atoms with van der Waals surface area (Å²) in [4.78, 5) is 12.2. The second kappa shape index (κ2) is 7.24. The molecule has 0 unspecified atom stereocenters. The lowest BCUT2D eigenvalue weighted by Gasteiger charge is -2.06. The Bertz CT molecular complexity index is 885. The Morgan fingerprint density at radius 2 is 2.12 bits per heavy atom. The maximum Gasteiger partial charge on any atom is 0.262 e. The van der Waals surface area contributed by atoms with Crippen LogP contribution in [0.15, 0.2) is 42.0 Å². The summed E-state index contributed by atoms with van der Waals surface area (Å²) in [6, 6.07) is 11.2. The van der Waals surface area contributed by atoms with E-state index in [9.17, 15) is 14.4 Å². The second-order valence-corrected chi connectivity index (χ2v) is 5.58. The number of nitriles is 1. The zero-order valence-corrected chi connectivity index (χ0v) is 13.6. The first-order chi connectivity index (χ1) is 12.1. The highest BCUT2D eigenvalue weighted by Crippen LogP contribution is 2.32. The molecule has 1 aliphatic heterocycles. The van der Waals surface area contributed by atoms with Crippen LogP contribution in [0, 0.1) is 17.1 Å². The van der Waals surface area contributed by atoms with Crippen molar-refractivity contribution in [1.82, 2.24) is 5.32 Å². The smallest absolute Gasteiger partial charge is 0.262 e. The normalized spacial score (nSPS) is 12.6. The number of carbonyl (C=O) groups excluding carboxylic acids is 1. The summed E-state index contributed by atoms with van der Waals surface area (Å²) in [6.07, 6.45) is 1.13. The lowest BCUT2D eigenvalue weighted by Crippen LogP contribution is -2.24. The van der Waals surface area contributed by atoms with Gasteiger partial charge in [0.15, 0.2) is 11.5 Å². The van der Waals surface area contributed by atoms with Crippen LogP contribution in [-0.2, 0) is 11.3 Å². The van der Waals surface area contributed by atoms with Crippen LogP contribution in [-0.4, -0.2) is 12.7 Å². The van der Waals surface area contributed by atoms with Gasteiger partial charge < -0.3 is 14.8 Å². The molecular weight excluding hydrogens is 347 g/mol. The van der Waals surface area contributed by atoms with E-state index in [-0.39, 0.29) is 29.5 Å². The first-order valence-electron chi connectivity index (χ1n) is 7.31. The lowest BCUT2D eigenvalue weighted by molar-refractivity contribution is -0.117. The standard InChI is InChI=1S/C18H12ClFN2O3/c19-14-2-1-3-15(20)13(14)7-12(8-21)18(23)22-9-11-4-5-16-17(6-11)25-10-24-16/h1-7H,9-10H2,(H,22,23)/b12-7+. The molecule has 0 radical (unpaired) electrons. The number of benzene rings is 2. The molecule has 2 aromatic carbocycles. The van der Waals surface area contributed by atoms with Crippen LogP contribution in [0.1, 0.15) is 11.1 Å². The molecule has 7 heteroatoms. The third kappa shape index (κ3) is 3.73. The van der Waals surface area contributed by atoms with E-state index in [4.69, 9.17) is 21.1 Å². The number of fused-ring (bicyclic) bond motifs is 1. The quantitative estimate of drug-likeness (QED) is 0.671. The van der Waals surface area contributed by atoms with Crippen molar-refractivity contribution in [3.63, 3.8) is 0 Å². The average molecular weight is 359 g/mol. The Balaban J connectivity index is 1.73. The third-order valence-electron chi connectivity index (χ3n) is 3.54. The van der Waals surface area contributed by atoms with E-state index in [1.165, 1.54) is 18.2 Å². The average Bonchev–Trinajstić information content (AvgIpc) is 3.07. The number of hydrogen-bond acceptors (Lipinski definition) is 4. The van der Waals surface area contributed by atoms with E-state index in [0.29, 0.717) is 11.5 Å². The number of halogens is 2. The molecule has 1 heterocycles. The molecule has 126 valence electrons. The van der Waals surface area contributed by atoms with Gasteiger partial charge in [-0.2, -0.15) is 5.26 Å². The maximum absolute atomic E-state index is 13.8. The van der Waals surface area contributed by atoms with Gasteiger partial charge in [-0.15, -0.1) is 0 Å². The van der Waals surface area contributed by atoms with Crippen LogP contribution in [0.2, 0.25) is 5.02 Å². The number of carbonyl (C=O) groups is 1. The van der Waals surface area contributed by atoms with E-state index < -0.39 is 11.7 Å². The topological polar surface area (TPSA) is 71.4 Å². The molecule has 2 aromatic rings. The fourth-order valence-corrected chi connectivity index (χ4v) is 2.49. The molecule has 5 nitrogen and oxygen atoms in total. The van der Waals surface area contributed by atoms with Gasteiger partial charge in [0.25, 0.3) is 5.91 Å². The lowest BCUT2D eigenvalue weighted by atomic mass is 10.1. The molecule has 0 fully saturated rings. The number of amides is 1. The van der Waals surface area contributed by atoms with Gasteiger partial charge in [0.05, 0.1) is 5.02 Å². The Morgan fingerprint density at radius 1 is 1.32 bits per heavy atom. The molecule has 0 bridgehead atoms. The predicted octanol–water partition coefficient (Wildman–Crippen LogP) is 3.43. The van der Waals surface area contributed by atoms with E-state index in [1.807, 2.05) is 0 Å². The summed E-state index contributed by atoms with van der Waals surface area (Å²) < 4.78 is 24.3. The molecule has 0 saturated heterocycles. The van der Waals surface area contributed by atoms with Crippen molar-refractivity contribution < 1.29 is 18.7 Å². The van der Waals surface area contributed by atoms with Crippen molar-refractivity contribution in [2.45, 2.75) is 6.54 Å². The molecule has 0 atom stereocenters. The molecule has 25 heavy (non-hydrogen) atoms. The van der Waals surface area contributed by atoms with Gasteiger partial charge >= 0.3 is 0 Å². The van der Waals surface area contributed by atoms with Crippen molar-refractivity contribution >= 4 is 23.6 Å². The van der Waals surface area contributed by atoms with Gasteiger partial charge in [-0.05, 0) is 35.9 Å². The monoisotopic (exact) mass is 358 g/mol. The first-order valence-corrected chi connectivity index (χ1v) is 7.69. The predicted molar refractivity (Wildman–Crippen MR) is 89.4 cm³/mol. The third-order valence-corrected chi connectivity index (χ3v) is 3.87. The second-order valence-electron chi connectivity index (χ2n) is 5.18. The number of hydrogen-bond donors (Lipinski definition) is 1. The molecule has 0 aromatic heterocycles. The molecule has 0 aliphatic carbocycles. The van der Waals surface area contributed by atoms with E-state index in [1.54, 1.807) is 24.3 Å². The first kappa shape index (κ1) is 16.8. The maximum atomic E-state index is 13.8. The Kier molecular flexibility index (Phi) is 4.87. The van der Waals surface area contributed by atoms with Crippen LogP contribution < -0.4 is 14.8 Å². The van der Waals surface area contributed by atoms with Crippen LogP contribution >= 0.6 is 11.6 Å². The van der Waals surface area contributed by atoms with Gasteiger partial charge in [-0.1, -0.05) is 23.7 Å². The van der Waals surface area contributed by atoms with Crippen molar-refractivity contribution in [1.29, 1.82) is 5.26 Å². The van der Waals surface area contributed by atoms with Crippen molar-refractivity contribution in [3.05, 3.63) is 63.9 Å². The molecule has 0 spiro atoms. The number of nitrogens with zero attached hydrogens (tertiary/aromatic N) is 1. The highest BCUT2D eigenvalue weighted by molar-refractivity contribution is 6.32. The zero-order chi connectivity index (χ0) is 17.8. The Labute approximate surface area is 148 Å². The van der Waals surface area contributed by atoms with Crippen LogP contribution in [0.3, 0.4) is 0 Å². The SMILES string of the molecule is N#C/C(=C\c1c(F)cccc1Cl)C(=O)NCc1ccc2c(c1)OCO2. The van der Waals surface area contributed by atoms with Gasteiger partial charge in [0.1, 0.15) is 17.5 Å².